The maximum absolute atomic E-state index is 12.9. The Balaban J connectivity index is 1.46. The van der Waals surface area contributed by atoms with Crippen LogP contribution in [0.2, 0.25) is 0 Å². The zero-order valence-corrected chi connectivity index (χ0v) is 18.2. The lowest BCUT2D eigenvalue weighted by molar-refractivity contribution is -0.130. The largest absolute Gasteiger partial charge is 0.338 e. The molecule has 7 nitrogen and oxygen atoms in total. The van der Waals surface area contributed by atoms with Crippen molar-refractivity contribution < 1.29 is 13.2 Å². The number of hydrogen-bond donors (Lipinski definition) is 0. The molecular formula is C20H26N4O3S2. The molecule has 1 amide bonds. The van der Waals surface area contributed by atoms with E-state index in [0.717, 1.165) is 30.8 Å². The molecule has 1 saturated carbocycles. The van der Waals surface area contributed by atoms with Gasteiger partial charge in [0.15, 0.2) is 9.84 Å². The number of nitrogens with zero attached hydrogens (tertiary/aromatic N) is 4. The van der Waals surface area contributed by atoms with E-state index in [1.54, 1.807) is 4.90 Å². The Morgan fingerprint density at radius 2 is 2.00 bits per heavy atom. The Kier molecular flexibility index (Phi) is 5.96. The van der Waals surface area contributed by atoms with Gasteiger partial charge in [-0.25, -0.2) is 18.1 Å². The summed E-state index contributed by atoms with van der Waals surface area (Å²) in [6, 6.07) is 9.72. The monoisotopic (exact) mass is 434 g/mol. The molecule has 0 bridgehead atoms. The first kappa shape index (κ1) is 20.4. The molecule has 2 aromatic rings. The molecule has 156 valence electrons. The summed E-state index contributed by atoms with van der Waals surface area (Å²) in [4.78, 5) is 19.3. The smallest absolute Gasteiger partial charge is 0.233 e. The van der Waals surface area contributed by atoms with Crippen LogP contribution in [0.5, 0.6) is 0 Å². The van der Waals surface area contributed by atoms with Crippen LogP contribution in [0.15, 0.2) is 35.5 Å². The summed E-state index contributed by atoms with van der Waals surface area (Å²) in [5, 5.41) is 5.24. The molecule has 1 saturated heterocycles. The SMILES string of the molecule is CCCN(C(=O)CSc1nc(C2CC2)n(-c2ccccc2)n1)C1CCS(=O)(=O)C1. The second-order valence-corrected chi connectivity index (χ2v) is 10.9. The van der Waals surface area contributed by atoms with Gasteiger partial charge < -0.3 is 4.90 Å². The van der Waals surface area contributed by atoms with Crippen LogP contribution in [0.25, 0.3) is 5.69 Å². The fourth-order valence-electron chi connectivity index (χ4n) is 3.71. The van der Waals surface area contributed by atoms with Crippen LogP contribution in [0.1, 0.15) is 44.3 Å². The van der Waals surface area contributed by atoms with Crippen molar-refractivity contribution in [3.8, 4) is 5.69 Å². The molecule has 1 unspecified atom stereocenters. The van der Waals surface area contributed by atoms with Gasteiger partial charge >= 0.3 is 0 Å². The second-order valence-electron chi connectivity index (χ2n) is 7.71. The fraction of sp³-hybridized carbons (Fsp3) is 0.550. The van der Waals surface area contributed by atoms with Crippen LogP contribution in [-0.4, -0.2) is 63.8 Å². The number of para-hydroxylation sites is 1. The van der Waals surface area contributed by atoms with Crippen molar-refractivity contribution in [2.75, 3.05) is 23.8 Å². The van der Waals surface area contributed by atoms with E-state index in [0.29, 0.717) is 24.0 Å². The Labute approximate surface area is 175 Å². The molecule has 0 spiro atoms. The zero-order valence-electron chi connectivity index (χ0n) is 16.5. The summed E-state index contributed by atoms with van der Waals surface area (Å²) in [7, 11) is -3.02. The Bertz CT molecular complexity index is 971. The van der Waals surface area contributed by atoms with Gasteiger partial charge in [0.2, 0.25) is 11.1 Å². The van der Waals surface area contributed by atoms with Crippen LogP contribution in [0.4, 0.5) is 0 Å². The van der Waals surface area contributed by atoms with E-state index in [4.69, 9.17) is 4.98 Å². The van der Waals surface area contributed by atoms with E-state index in [9.17, 15) is 13.2 Å². The molecule has 1 aliphatic heterocycles. The van der Waals surface area contributed by atoms with Gasteiger partial charge in [-0.05, 0) is 37.8 Å². The van der Waals surface area contributed by atoms with Crippen LogP contribution < -0.4 is 0 Å². The van der Waals surface area contributed by atoms with Gasteiger partial charge in [-0.2, -0.15) is 0 Å². The predicted octanol–water partition coefficient (Wildman–Crippen LogP) is 2.66. The maximum atomic E-state index is 12.9. The fourth-order valence-corrected chi connectivity index (χ4v) is 6.16. The third-order valence-corrected chi connectivity index (χ3v) is 7.89. The van der Waals surface area contributed by atoms with Gasteiger partial charge in [-0.3, -0.25) is 4.79 Å². The topological polar surface area (TPSA) is 85.2 Å². The minimum atomic E-state index is -3.02. The van der Waals surface area contributed by atoms with E-state index < -0.39 is 9.84 Å². The van der Waals surface area contributed by atoms with Gasteiger partial charge in [-0.1, -0.05) is 36.9 Å². The molecule has 0 N–H and O–H groups in total. The molecule has 29 heavy (non-hydrogen) atoms. The quantitative estimate of drug-likeness (QED) is 0.594. The molecule has 2 fully saturated rings. The highest BCUT2D eigenvalue weighted by Gasteiger charge is 2.34. The van der Waals surface area contributed by atoms with E-state index in [1.807, 2.05) is 41.9 Å². The number of rotatable bonds is 8. The predicted molar refractivity (Wildman–Crippen MR) is 113 cm³/mol. The molecule has 1 aromatic heterocycles. The number of carbonyl (C=O) groups excluding carboxylic acids is 1. The number of sulfone groups is 1. The lowest BCUT2D eigenvalue weighted by Gasteiger charge is -2.27. The summed E-state index contributed by atoms with van der Waals surface area (Å²) in [5.41, 5.74) is 0.976. The normalized spacial score (nSPS) is 20.7. The Morgan fingerprint density at radius 1 is 1.24 bits per heavy atom. The number of amides is 1. The zero-order chi connectivity index (χ0) is 20.4. The van der Waals surface area contributed by atoms with Gasteiger partial charge in [0, 0.05) is 18.5 Å². The first-order chi connectivity index (χ1) is 14.0. The van der Waals surface area contributed by atoms with Crippen LogP contribution >= 0.6 is 11.8 Å². The molecule has 0 radical (unpaired) electrons. The maximum Gasteiger partial charge on any atom is 0.233 e. The highest BCUT2D eigenvalue weighted by molar-refractivity contribution is 7.99. The average Bonchev–Trinajstić information content (AvgIpc) is 3.37. The molecular weight excluding hydrogens is 408 g/mol. The van der Waals surface area contributed by atoms with Crippen molar-refractivity contribution in [3.05, 3.63) is 36.2 Å². The summed E-state index contributed by atoms with van der Waals surface area (Å²) in [6.45, 7) is 2.58. The Morgan fingerprint density at radius 3 is 2.62 bits per heavy atom. The van der Waals surface area contributed by atoms with E-state index in [2.05, 4.69) is 5.10 Å². The number of aromatic nitrogens is 3. The van der Waals surface area contributed by atoms with Crippen molar-refractivity contribution in [1.82, 2.24) is 19.7 Å². The standard InChI is InChI=1S/C20H26N4O3S2/c1-2-11-23(17-10-12-29(26,27)14-17)18(25)13-28-20-21-19(15-8-9-15)24(22-20)16-6-4-3-5-7-16/h3-7,15,17H,2,8-14H2,1H3. The molecule has 1 aromatic carbocycles. The lowest BCUT2D eigenvalue weighted by atomic mass is 10.2. The van der Waals surface area contributed by atoms with E-state index >= 15 is 0 Å². The third-order valence-electron chi connectivity index (χ3n) is 5.31. The average molecular weight is 435 g/mol. The molecule has 4 rings (SSSR count). The van der Waals surface area contributed by atoms with E-state index in [1.165, 1.54) is 11.8 Å². The van der Waals surface area contributed by atoms with Crippen molar-refractivity contribution in [2.45, 2.75) is 49.7 Å². The highest BCUT2D eigenvalue weighted by atomic mass is 32.2. The van der Waals surface area contributed by atoms with Crippen molar-refractivity contribution in [1.29, 1.82) is 0 Å². The van der Waals surface area contributed by atoms with Crippen LogP contribution in [0.3, 0.4) is 0 Å². The molecule has 2 heterocycles. The summed E-state index contributed by atoms with van der Waals surface area (Å²) in [6.07, 6.45) is 3.58. The summed E-state index contributed by atoms with van der Waals surface area (Å²) in [5.74, 6) is 1.83. The minimum absolute atomic E-state index is 0.0389. The molecule has 1 aliphatic carbocycles. The lowest BCUT2D eigenvalue weighted by Crippen LogP contribution is -2.42. The molecule has 9 heteroatoms. The summed E-state index contributed by atoms with van der Waals surface area (Å²) < 4.78 is 25.5. The van der Waals surface area contributed by atoms with E-state index in [-0.39, 0.29) is 29.2 Å². The number of thioether (sulfide) groups is 1. The highest BCUT2D eigenvalue weighted by Crippen LogP contribution is 2.40. The number of hydrogen-bond acceptors (Lipinski definition) is 6. The van der Waals surface area contributed by atoms with Gasteiger partial charge in [0.05, 0.1) is 22.9 Å². The number of benzene rings is 1. The summed E-state index contributed by atoms with van der Waals surface area (Å²) >= 11 is 1.33. The van der Waals surface area contributed by atoms with Crippen LogP contribution in [-0.2, 0) is 14.6 Å². The number of carbonyl (C=O) groups is 1. The first-order valence-electron chi connectivity index (χ1n) is 10.1. The van der Waals surface area contributed by atoms with Gasteiger partial charge in [-0.15, -0.1) is 5.10 Å². The van der Waals surface area contributed by atoms with Crippen molar-refractivity contribution in [2.24, 2.45) is 0 Å². The van der Waals surface area contributed by atoms with Crippen LogP contribution in [0, 0.1) is 0 Å². The van der Waals surface area contributed by atoms with Gasteiger partial charge in [0.25, 0.3) is 0 Å². The molecule has 1 atom stereocenters. The van der Waals surface area contributed by atoms with Gasteiger partial charge in [0.1, 0.15) is 5.82 Å². The Hall–Kier alpha value is -1.87. The first-order valence-corrected chi connectivity index (χ1v) is 12.9. The third kappa shape index (κ3) is 4.83. The van der Waals surface area contributed by atoms with Crippen molar-refractivity contribution in [3.63, 3.8) is 0 Å². The van der Waals surface area contributed by atoms with Crippen molar-refractivity contribution >= 4 is 27.5 Å². The molecule has 2 aliphatic rings. The minimum Gasteiger partial charge on any atom is -0.338 e. The second kappa shape index (κ2) is 8.47.